The molecule has 0 saturated carbocycles. The van der Waals surface area contributed by atoms with Gasteiger partial charge in [-0.1, -0.05) is 12.1 Å². The summed E-state index contributed by atoms with van der Waals surface area (Å²) >= 11 is 0. The lowest BCUT2D eigenvalue weighted by molar-refractivity contribution is -0.255. The summed E-state index contributed by atoms with van der Waals surface area (Å²) < 4.78 is 51.7. The number of aromatic carboxylic acids is 1. The quantitative estimate of drug-likeness (QED) is 0.273. The van der Waals surface area contributed by atoms with Crippen LogP contribution in [0.4, 0.5) is 13.2 Å². The van der Waals surface area contributed by atoms with E-state index in [0.29, 0.717) is 12.1 Å². The zero-order chi connectivity index (χ0) is 27.7. The van der Waals surface area contributed by atoms with Gasteiger partial charge in [0.1, 0.15) is 17.2 Å². The lowest BCUT2D eigenvalue weighted by atomic mass is 10.1. The first-order valence-electron chi connectivity index (χ1n) is 11.2. The number of hydrogen-bond donors (Lipinski definition) is 0. The van der Waals surface area contributed by atoms with Crippen molar-refractivity contribution >= 4 is 16.9 Å². The molecule has 0 aliphatic carbocycles. The highest BCUT2D eigenvalue weighted by atomic mass is 32.2. The Labute approximate surface area is 221 Å². The summed E-state index contributed by atoms with van der Waals surface area (Å²) in [6.07, 6.45) is -4.44. The monoisotopic (exact) mass is 542 g/mol. The normalized spacial score (nSPS) is 10.8. The molecular formula is C29H25F3O5S. The number of carbonyl (C=O) groups excluding carboxylic acids is 1. The van der Waals surface area contributed by atoms with E-state index in [-0.39, 0.29) is 16.5 Å². The summed E-state index contributed by atoms with van der Waals surface area (Å²) in [5.74, 6) is 1.08. The molecule has 198 valence electrons. The smallest absolute Gasteiger partial charge is 0.416 e. The molecule has 0 radical (unpaired) electrons. The third kappa shape index (κ3) is 7.45. The van der Waals surface area contributed by atoms with Gasteiger partial charge in [-0.2, -0.15) is 13.2 Å². The van der Waals surface area contributed by atoms with Gasteiger partial charge in [-0.25, -0.2) is 0 Å². The molecule has 4 aromatic carbocycles. The molecule has 0 aliphatic rings. The molecule has 0 saturated heterocycles. The zero-order valence-corrected chi connectivity index (χ0v) is 21.6. The second-order valence-electron chi connectivity index (χ2n) is 7.70. The van der Waals surface area contributed by atoms with Crippen LogP contribution < -0.4 is 19.3 Å². The molecule has 38 heavy (non-hydrogen) atoms. The van der Waals surface area contributed by atoms with Crippen LogP contribution in [-0.2, 0) is 17.1 Å². The molecule has 0 spiro atoms. The van der Waals surface area contributed by atoms with Crippen LogP contribution in [0.5, 0.6) is 17.2 Å². The van der Waals surface area contributed by atoms with Crippen molar-refractivity contribution in [3.05, 3.63) is 108 Å². The average molecular weight is 543 g/mol. The maximum atomic E-state index is 12.0. The van der Waals surface area contributed by atoms with Crippen LogP contribution in [0, 0.1) is 0 Å². The second kappa shape index (κ2) is 12.9. The van der Waals surface area contributed by atoms with Gasteiger partial charge in [0.2, 0.25) is 0 Å². The van der Waals surface area contributed by atoms with E-state index in [1.54, 1.807) is 21.3 Å². The number of ether oxygens (including phenoxy) is 3. The molecule has 4 aromatic rings. The number of carboxylic acid groups (broad SMARTS) is 1. The average Bonchev–Trinajstić information content (AvgIpc) is 2.94. The van der Waals surface area contributed by atoms with Gasteiger partial charge in [0.15, 0.2) is 14.7 Å². The Morgan fingerprint density at radius 3 is 1.16 bits per heavy atom. The largest absolute Gasteiger partial charge is 0.545 e. The highest BCUT2D eigenvalue weighted by Crippen LogP contribution is 2.34. The van der Waals surface area contributed by atoms with E-state index >= 15 is 0 Å². The Balaban J connectivity index is 0.000000260. The highest BCUT2D eigenvalue weighted by Gasteiger charge is 2.30. The van der Waals surface area contributed by atoms with Crippen molar-refractivity contribution in [1.82, 2.24) is 0 Å². The summed E-state index contributed by atoms with van der Waals surface area (Å²) in [6.45, 7) is 0. The Morgan fingerprint density at radius 1 is 0.605 bits per heavy atom. The number of rotatable bonds is 7. The maximum Gasteiger partial charge on any atom is 0.416 e. The van der Waals surface area contributed by atoms with Crippen LogP contribution in [0.15, 0.2) is 112 Å². The van der Waals surface area contributed by atoms with Gasteiger partial charge in [-0.05, 0) is 90.5 Å². The summed E-state index contributed by atoms with van der Waals surface area (Å²) in [4.78, 5) is 13.9. The lowest BCUT2D eigenvalue weighted by Gasteiger charge is -2.10. The minimum atomic E-state index is -4.44. The van der Waals surface area contributed by atoms with Crippen molar-refractivity contribution in [2.45, 2.75) is 20.9 Å². The van der Waals surface area contributed by atoms with Crippen LogP contribution in [0.2, 0.25) is 0 Å². The first kappa shape index (κ1) is 28.5. The molecule has 0 amide bonds. The summed E-state index contributed by atoms with van der Waals surface area (Å²) in [5, 5.41) is 10.2. The number of methoxy groups -OCH3 is 3. The Kier molecular flexibility index (Phi) is 9.67. The van der Waals surface area contributed by atoms with E-state index in [4.69, 9.17) is 14.2 Å². The minimum Gasteiger partial charge on any atom is -0.545 e. The lowest BCUT2D eigenvalue weighted by Crippen LogP contribution is -2.22. The molecule has 4 rings (SSSR count). The van der Waals surface area contributed by atoms with Crippen molar-refractivity contribution in [1.29, 1.82) is 0 Å². The second-order valence-corrected chi connectivity index (χ2v) is 9.72. The molecule has 0 fully saturated rings. The van der Waals surface area contributed by atoms with Crippen LogP contribution >= 0.6 is 0 Å². The summed E-state index contributed by atoms with van der Waals surface area (Å²) in [6, 6.07) is 27.9. The Morgan fingerprint density at radius 2 is 0.921 bits per heavy atom. The predicted octanol–water partition coefficient (Wildman–Crippen LogP) is 5.88. The third-order valence-electron chi connectivity index (χ3n) is 5.33. The fraction of sp³-hybridized carbons (Fsp3) is 0.138. The van der Waals surface area contributed by atoms with Gasteiger partial charge in [-0.15, -0.1) is 0 Å². The van der Waals surface area contributed by atoms with Gasteiger partial charge in [0.25, 0.3) is 0 Å². The van der Waals surface area contributed by atoms with E-state index < -0.39 is 17.7 Å². The summed E-state index contributed by atoms with van der Waals surface area (Å²) in [7, 11) is 4.83. The van der Waals surface area contributed by atoms with E-state index in [2.05, 4.69) is 36.4 Å². The maximum absolute atomic E-state index is 12.0. The van der Waals surface area contributed by atoms with Gasteiger partial charge in [0, 0.05) is 0 Å². The number of carbonyl (C=O) groups is 1. The molecule has 9 heteroatoms. The van der Waals surface area contributed by atoms with Crippen molar-refractivity contribution in [2.24, 2.45) is 0 Å². The van der Waals surface area contributed by atoms with Gasteiger partial charge < -0.3 is 24.1 Å². The molecule has 0 unspecified atom stereocenters. The van der Waals surface area contributed by atoms with E-state index in [0.717, 1.165) is 29.4 Å². The molecule has 0 heterocycles. The third-order valence-corrected chi connectivity index (χ3v) is 7.56. The number of alkyl halides is 3. The fourth-order valence-electron chi connectivity index (χ4n) is 3.34. The molecular weight excluding hydrogens is 517 g/mol. The van der Waals surface area contributed by atoms with E-state index in [9.17, 15) is 23.1 Å². The van der Waals surface area contributed by atoms with Crippen molar-refractivity contribution in [3.63, 3.8) is 0 Å². The summed E-state index contributed by atoms with van der Waals surface area (Å²) in [5.41, 5.74) is -1.15. The van der Waals surface area contributed by atoms with Crippen LogP contribution in [0.3, 0.4) is 0 Å². The topological polar surface area (TPSA) is 67.8 Å². The molecule has 0 N–H and O–H groups in total. The zero-order valence-electron chi connectivity index (χ0n) is 20.8. The van der Waals surface area contributed by atoms with Crippen molar-refractivity contribution < 1.29 is 37.3 Å². The number of benzene rings is 4. The van der Waals surface area contributed by atoms with Crippen LogP contribution in [-0.4, -0.2) is 27.3 Å². The fourth-order valence-corrected chi connectivity index (χ4v) is 5.38. The molecule has 0 atom stereocenters. The first-order valence-corrected chi connectivity index (χ1v) is 12.4. The van der Waals surface area contributed by atoms with Crippen LogP contribution in [0.1, 0.15) is 15.9 Å². The SMILES string of the molecule is COc1ccc([S+](c2ccc(OC)cc2)c2ccc(OC)cc2)cc1.O=C([O-])c1ccc(C(F)(F)F)cc1. The molecule has 5 nitrogen and oxygen atoms in total. The molecule has 0 aromatic heterocycles. The van der Waals surface area contributed by atoms with E-state index in [1.807, 2.05) is 36.4 Å². The number of hydrogen-bond acceptors (Lipinski definition) is 5. The van der Waals surface area contributed by atoms with Gasteiger partial charge in [0.05, 0.1) is 43.8 Å². The van der Waals surface area contributed by atoms with Crippen LogP contribution in [0.25, 0.3) is 0 Å². The predicted molar refractivity (Wildman–Crippen MR) is 137 cm³/mol. The van der Waals surface area contributed by atoms with Crippen molar-refractivity contribution in [2.75, 3.05) is 21.3 Å². The number of halogens is 3. The van der Waals surface area contributed by atoms with Crippen molar-refractivity contribution in [3.8, 4) is 17.2 Å². The first-order chi connectivity index (χ1) is 18.2. The van der Waals surface area contributed by atoms with Gasteiger partial charge >= 0.3 is 6.18 Å². The Hall–Kier alpha value is -4.11. The Bertz CT molecular complexity index is 1190. The molecule has 0 aliphatic heterocycles. The highest BCUT2D eigenvalue weighted by molar-refractivity contribution is 7.97. The number of carboxylic acids is 1. The van der Waals surface area contributed by atoms with E-state index in [1.165, 1.54) is 14.7 Å². The van der Waals surface area contributed by atoms with Gasteiger partial charge in [-0.3, -0.25) is 0 Å². The minimum absolute atomic E-state index is 0.212. The standard InChI is InChI=1S/C21H21O3S.C8H5F3O2/c1-22-16-4-10-19(11-5-16)25(20-12-6-17(23-2)7-13-20)21-14-8-18(24-3)9-15-21;9-8(10,11)6-3-1-5(2-4-6)7(12)13/h4-15H,1-3H3;1-4H,(H,12,13)/q+1;/p-1. The molecule has 0 bridgehead atoms.